The van der Waals surface area contributed by atoms with E-state index in [1.54, 1.807) is 24.5 Å². The van der Waals surface area contributed by atoms with Gasteiger partial charge >= 0.3 is 0 Å². The smallest absolute Gasteiger partial charge is 0.223 e. The van der Waals surface area contributed by atoms with Crippen molar-refractivity contribution in [2.45, 2.75) is 105 Å². The highest BCUT2D eigenvalue weighted by Gasteiger charge is 2.09. The molecule has 0 aliphatic carbocycles. The second kappa shape index (κ2) is 15.7. The lowest BCUT2D eigenvalue weighted by Gasteiger charge is -2.15. The van der Waals surface area contributed by atoms with Crippen LogP contribution >= 0.6 is 0 Å². The van der Waals surface area contributed by atoms with Gasteiger partial charge in [0.25, 0.3) is 0 Å². The van der Waals surface area contributed by atoms with E-state index in [1.807, 2.05) is 0 Å². The zero-order chi connectivity index (χ0) is 25.6. The first kappa shape index (κ1) is 29.0. The third-order valence-corrected chi connectivity index (χ3v) is 7.13. The van der Waals surface area contributed by atoms with Gasteiger partial charge in [0.1, 0.15) is 11.3 Å². The molecule has 2 unspecified atom stereocenters. The Bertz CT molecular complexity index is 911. The van der Waals surface area contributed by atoms with Crippen LogP contribution in [0.3, 0.4) is 0 Å². The molecule has 0 saturated heterocycles. The minimum atomic E-state index is 0.0517. The average Bonchev–Trinajstić information content (AvgIpc) is 3.19. The third-order valence-electron chi connectivity index (χ3n) is 7.13. The van der Waals surface area contributed by atoms with Gasteiger partial charge in [-0.2, -0.15) is 0 Å². The number of fused-ring (bicyclic) bond motifs is 1. The number of phenolic OH excluding ortho intramolecular Hbond substituents is 1. The Morgan fingerprint density at radius 1 is 1.00 bits per heavy atom. The van der Waals surface area contributed by atoms with E-state index in [9.17, 15) is 9.90 Å². The number of phenols is 1. The van der Waals surface area contributed by atoms with Crippen LogP contribution < -0.4 is 5.32 Å². The maximum Gasteiger partial charge on any atom is 0.223 e. The number of amides is 1. The molecule has 1 heterocycles. The molecule has 4 heteroatoms. The predicted molar refractivity (Wildman–Crippen MR) is 148 cm³/mol. The van der Waals surface area contributed by atoms with Crippen molar-refractivity contribution in [2.24, 2.45) is 17.8 Å². The van der Waals surface area contributed by atoms with E-state index in [4.69, 9.17) is 4.42 Å². The van der Waals surface area contributed by atoms with Crippen molar-refractivity contribution in [3.05, 3.63) is 41.7 Å². The van der Waals surface area contributed by atoms with Crippen LogP contribution in [0.25, 0.3) is 11.0 Å². The Kier molecular flexibility index (Phi) is 13.0. The Balaban J connectivity index is 1.54. The summed E-state index contributed by atoms with van der Waals surface area (Å²) in [6.45, 7) is 12.1. The number of benzene rings is 1. The topological polar surface area (TPSA) is 62.5 Å². The zero-order valence-electron chi connectivity index (χ0n) is 22.9. The van der Waals surface area contributed by atoms with Crippen molar-refractivity contribution in [3.63, 3.8) is 0 Å². The summed E-state index contributed by atoms with van der Waals surface area (Å²) < 4.78 is 5.51. The lowest BCUT2D eigenvalue weighted by Crippen LogP contribution is -2.24. The summed E-state index contributed by atoms with van der Waals surface area (Å²) in [6.07, 6.45) is 16.6. The summed E-state index contributed by atoms with van der Waals surface area (Å²) in [7, 11) is 0. The Morgan fingerprint density at radius 3 is 2.34 bits per heavy atom. The number of allylic oxidation sites excluding steroid dienone is 1. The lowest BCUT2D eigenvalue weighted by molar-refractivity contribution is -0.120. The molecule has 1 aromatic carbocycles. The van der Waals surface area contributed by atoms with E-state index in [0.717, 1.165) is 40.7 Å². The summed E-state index contributed by atoms with van der Waals surface area (Å²) in [5.41, 5.74) is 3.06. The minimum absolute atomic E-state index is 0.0517. The fourth-order valence-corrected chi connectivity index (χ4v) is 4.75. The first-order valence-electron chi connectivity index (χ1n) is 13.9. The highest BCUT2D eigenvalue weighted by Crippen LogP contribution is 2.25. The van der Waals surface area contributed by atoms with E-state index in [1.165, 1.54) is 56.9 Å². The van der Waals surface area contributed by atoms with Crippen LogP contribution in [0.4, 0.5) is 0 Å². The lowest BCUT2D eigenvalue weighted by atomic mass is 9.91. The number of carbonyl (C=O) groups excluding carboxylic acids is 1. The molecule has 0 radical (unpaired) electrons. The third kappa shape index (κ3) is 11.8. The number of rotatable bonds is 17. The number of hydrogen-bond donors (Lipinski definition) is 2. The Morgan fingerprint density at radius 2 is 1.66 bits per heavy atom. The summed E-state index contributed by atoms with van der Waals surface area (Å²) in [5, 5.41) is 13.6. The van der Waals surface area contributed by atoms with Crippen LogP contribution in [0.15, 0.2) is 40.5 Å². The van der Waals surface area contributed by atoms with Crippen molar-refractivity contribution in [1.82, 2.24) is 5.32 Å². The van der Waals surface area contributed by atoms with Crippen molar-refractivity contribution < 1.29 is 14.3 Å². The van der Waals surface area contributed by atoms with Crippen molar-refractivity contribution in [2.75, 3.05) is 6.54 Å². The molecule has 4 nitrogen and oxygen atoms in total. The largest absolute Gasteiger partial charge is 0.508 e. The van der Waals surface area contributed by atoms with Crippen LogP contribution in [-0.2, 0) is 11.2 Å². The van der Waals surface area contributed by atoms with Gasteiger partial charge < -0.3 is 14.8 Å². The second-order valence-corrected chi connectivity index (χ2v) is 11.2. The molecule has 0 bridgehead atoms. The van der Waals surface area contributed by atoms with Gasteiger partial charge in [0.05, 0.1) is 6.26 Å². The molecule has 2 N–H and O–H groups in total. The maximum absolute atomic E-state index is 12.2. The van der Waals surface area contributed by atoms with Crippen molar-refractivity contribution in [3.8, 4) is 5.75 Å². The van der Waals surface area contributed by atoms with Crippen molar-refractivity contribution >= 4 is 16.9 Å². The molecule has 196 valence electrons. The average molecular weight is 484 g/mol. The summed E-state index contributed by atoms with van der Waals surface area (Å²) in [6, 6.07) is 5.08. The van der Waals surface area contributed by atoms with Gasteiger partial charge in [-0.15, -0.1) is 0 Å². The van der Waals surface area contributed by atoms with E-state index in [-0.39, 0.29) is 11.7 Å². The first-order valence-corrected chi connectivity index (χ1v) is 13.9. The van der Waals surface area contributed by atoms with Crippen LogP contribution in [0.5, 0.6) is 5.75 Å². The summed E-state index contributed by atoms with van der Waals surface area (Å²) in [4.78, 5) is 12.2. The van der Waals surface area contributed by atoms with E-state index in [2.05, 4.69) is 46.0 Å². The Labute approximate surface area is 213 Å². The minimum Gasteiger partial charge on any atom is -0.508 e. The molecular formula is C31H49NO3. The number of carbonyl (C=O) groups is 1. The molecule has 1 aromatic heterocycles. The molecule has 0 aliphatic heterocycles. The first-order chi connectivity index (χ1) is 16.7. The highest BCUT2D eigenvalue weighted by atomic mass is 16.3. The van der Waals surface area contributed by atoms with Crippen LogP contribution in [-0.4, -0.2) is 17.6 Å². The molecule has 0 fully saturated rings. The molecule has 2 aromatic rings. The molecule has 1 amide bonds. The van der Waals surface area contributed by atoms with Gasteiger partial charge in [-0.3, -0.25) is 4.79 Å². The van der Waals surface area contributed by atoms with Gasteiger partial charge in [0, 0.05) is 23.9 Å². The molecular weight excluding hydrogens is 434 g/mol. The quantitative estimate of drug-likeness (QED) is 0.221. The van der Waals surface area contributed by atoms with E-state index in [0.29, 0.717) is 19.4 Å². The predicted octanol–water partition coefficient (Wildman–Crippen LogP) is 8.57. The molecule has 35 heavy (non-hydrogen) atoms. The normalized spacial score (nSPS) is 13.9. The Hall–Kier alpha value is -2.23. The van der Waals surface area contributed by atoms with Crippen LogP contribution in [0.2, 0.25) is 0 Å². The van der Waals surface area contributed by atoms with E-state index >= 15 is 0 Å². The summed E-state index contributed by atoms with van der Waals surface area (Å²) >= 11 is 0. The zero-order valence-corrected chi connectivity index (χ0v) is 22.9. The molecule has 2 rings (SSSR count). The monoisotopic (exact) mass is 483 g/mol. The number of nitrogens with one attached hydrogen (secondary N) is 1. The number of aromatic hydroxyl groups is 1. The molecule has 2 atom stereocenters. The SMILES string of the molecule is C/C(=C\CC(=O)NCCc1coc2ccc(O)cc12)CCCC(C)CCCC(C)CCCC(C)C. The summed E-state index contributed by atoms with van der Waals surface area (Å²) in [5.74, 6) is 2.76. The maximum atomic E-state index is 12.2. The standard InChI is InChI=1S/C31H49NO3/c1-23(2)9-6-10-24(3)11-7-12-25(4)13-8-14-26(5)15-18-31(34)32-20-19-27-22-35-30-17-16-28(33)21-29(27)30/h15-17,21-25,33H,6-14,18-20H2,1-5H3,(H,32,34)/b26-15+. The fraction of sp³-hybridized carbons (Fsp3) is 0.645. The molecule has 0 spiro atoms. The number of furan rings is 1. The van der Waals surface area contributed by atoms with Crippen LogP contribution in [0, 0.1) is 17.8 Å². The van der Waals surface area contributed by atoms with Gasteiger partial charge in [0.2, 0.25) is 5.91 Å². The molecule has 0 aliphatic rings. The second-order valence-electron chi connectivity index (χ2n) is 11.2. The van der Waals surface area contributed by atoms with E-state index < -0.39 is 0 Å². The number of hydrogen-bond acceptors (Lipinski definition) is 3. The van der Waals surface area contributed by atoms with Gasteiger partial charge in [-0.05, 0) is 62.1 Å². The van der Waals surface area contributed by atoms with Gasteiger partial charge in [-0.1, -0.05) is 84.3 Å². The van der Waals surface area contributed by atoms with Gasteiger partial charge in [0.15, 0.2) is 0 Å². The van der Waals surface area contributed by atoms with Crippen molar-refractivity contribution in [1.29, 1.82) is 0 Å². The molecule has 0 saturated carbocycles. The fourth-order valence-electron chi connectivity index (χ4n) is 4.75. The van der Waals surface area contributed by atoms with Crippen LogP contribution in [0.1, 0.15) is 104 Å². The van der Waals surface area contributed by atoms with Gasteiger partial charge in [-0.25, -0.2) is 0 Å². The highest BCUT2D eigenvalue weighted by molar-refractivity contribution is 5.82.